The summed E-state index contributed by atoms with van der Waals surface area (Å²) in [7, 11) is 3.86. The standard InChI is InChI=1S/C23H27N3O3S/c1-15(23(28)29-14-16-9-5-4-6-10-16)26-19(13-25(2)3)24-21-20(22(26)27)17-11-7-8-12-18(17)30-21/h4-6,9-10,15H,7-8,11-14H2,1-3H3. The molecule has 158 valence electrons. The Morgan fingerprint density at radius 1 is 1.23 bits per heavy atom. The van der Waals surface area contributed by atoms with Crippen molar-refractivity contribution in [3.8, 4) is 0 Å². The van der Waals surface area contributed by atoms with Gasteiger partial charge < -0.3 is 9.64 Å². The van der Waals surface area contributed by atoms with E-state index in [1.807, 2.05) is 49.3 Å². The molecular weight excluding hydrogens is 398 g/mol. The number of fused-ring (bicyclic) bond motifs is 3. The van der Waals surface area contributed by atoms with E-state index < -0.39 is 12.0 Å². The number of thiophene rings is 1. The SMILES string of the molecule is CC(C(=O)OCc1ccccc1)n1c(CN(C)C)nc2sc3c(c2c1=O)CCCC3. The number of ether oxygens (including phenoxy) is 1. The Kier molecular flexibility index (Phi) is 6.01. The molecule has 1 atom stereocenters. The number of esters is 1. The normalized spacial score (nSPS) is 14.7. The van der Waals surface area contributed by atoms with Crippen LogP contribution >= 0.6 is 11.3 Å². The van der Waals surface area contributed by atoms with E-state index in [9.17, 15) is 9.59 Å². The Bertz CT molecular complexity index is 1120. The molecule has 0 bridgehead atoms. The highest BCUT2D eigenvalue weighted by molar-refractivity contribution is 7.18. The second-order valence-electron chi connectivity index (χ2n) is 8.10. The maximum atomic E-state index is 13.6. The number of hydrogen-bond acceptors (Lipinski definition) is 6. The number of aryl methyl sites for hydroxylation is 2. The molecule has 1 aliphatic carbocycles. The topological polar surface area (TPSA) is 64.4 Å². The first-order valence-electron chi connectivity index (χ1n) is 10.4. The van der Waals surface area contributed by atoms with Crippen LogP contribution in [0.3, 0.4) is 0 Å². The minimum Gasteiger partial charge on any atom is -0.459 e. The van der Waals surface area contributed by atoms with Crippen molar-refractivity contribution in [2.24, 2.45) is 0 Å². The van der Waals surface area contributed by atoms with Gasteiger partial charge in [0.05, 0.1) is 11.9 Å². The largest absolute Gasteiger partial charge is 0.459 e. The van der Waals surface area contributed by atoms with E-state index in [2.05, 4.69) is 0 Å². The van der Waals surface area contributed by atoms with E-state index in [-0.39, 0.29) is 12.2 Å². The molecule has 0 saturated carbocycles. The third-order valence-corrected chi connectivity index (χ3v) is 6.69. The smallest absolute Gasteiger partial charge is 0.329 e. The van der Waals surface area contributed by atoms with Crippen LogP contribution in [0.5, 0.6) is 0 Å². The minimum absolute atomic E-state index is 0.125. The maximum absolute atomic E-state index is 13.6. The molecule has 0 saturated heterocycles. The Balaban J connectivity index is 1.72. The van der Waals surface area contributed by atoms with Gasteiger partial charge >= 0.3 is 5.97 Å². The number of nitrogens with zero attached hydrogens (tertiary/aromatic N) is 3. The molecule has 2 aromatic heterocycles. The van der Waals surface area contributed by atoms with Gasteiger partial charge in [-0.05, 0) is 57.8 Å². The summed E-state index contributed by atoms with van der Waals surface area (Å²) in [5, 5.41) is 0.694. The van der Waals surface area contributed by atoms with Gasteiger partial charge in [-0.2, -0.15) is 0 Å². The molecule has 0 aliphatic heterocycles. The number of rotatable bonds is 6. The molecule has 6 nitrogen and oxygen atoms in total. The van der Waals surface area contributed by atoms with Crippen molar-refractivity contribution < 1.29 is 9.53 Å². The van der Waals surface area contributed by atoms with Crippen molar-refractivity contribution in [3.05, 3.63) is 62.5 Å². The van der Waals surface area contributed by atoms with Crippen molar-refractivity contribution in [2.75, 3.05) is 14.1 Å². The summed E-state index contributed by atoms with van der Waals surface area (Å²) in [6.07, 6.45) is 4.16. The van der Waals surface area contributed by atoms with Crippen LogP contribution in [-0.2, 0) is 35.5 Å². The van der Waals surface area contributed by atoms with Crippen LogP contribution in [0.15, 0.2) is 35.1 Å². The summed E-state index contributed by atoms with van der Waals surface area (Å²) in [6, 6.07) is 8.81. The predicted octanol–water partition coefficient (Wildman–Crippen LogP) is 3.70. The van der Waals surface area contributed by atoms with Gasteiger partial charge in [-0.25, -0.2) is 9.78 Å². The third kappa shape index (κ3) is 4.04. The van der Waals surface area contributed by atoms with Gasteiger partial charge in [-0.1, -0.05) is 30.3 Å². The lowest BCUT2D eigenvalue weighted by Gasteiger charge is -2.20. The molecule has 0 amide bonds. The number of benzene rings is 1. The molecule has 0 spiro atoms. The van der Waals surface area contributed by atoms with Gasteiger partial charge in [0.15, 0.2) is 0 Å². The molecule has 3 aromatic rings. The number of carbonyl (C=O) groups excluding carboxylic acids is 1. The molecule has 0 radical (unpaired) electrons. The van der Waals surface area contributed by atoms with Crippen LogP contribution in [0, 0.1) is 0 Å². The molecular formula is C23H27N3O3S. The Labute approximate surface area is 180 Å². The van der Waals surface area contributed by atoms with Crippen LogP contribution in [0.1, 0.15) is 47.6 Å². The molecule has 1 unspecified atom stereocenters. The average molecular weight is 426 g/mol. The highest BCUT2D eigenvalue weighted by Crippen LogP contribution is 2.34. The van der Waals surface area contributed by atoms with E-state index in [4.69, 9.17) is 9.72 Å². The summed E-state index contributed by atoms with van der Waals surface area (Å²) in [5.74, 6) is 0.173. The Hall–Kier alpha value is -2.51. The zero-order valence-electron chi connectivity index (χ0n) is 17.7. The number of aromatic nitrogens is 2. The molecule has 0 N–H and O–H groups in total. The summed E-state index contributed by atoms with van der Waals surface area (Å²) in [5.41, 5.74) is 1.92. The predicted molar refractivity (Wildman–Crippen MR) is 119 cm³/mol. The lowest BCUT2D eigenvalue weighted by Crippen LogP contribution is -2.34. The number of hydrogen-bond donors (Lipinski definition) is 0. The van der Waals surface area contributed by atoms with Gasteiger partial charge in [-0.15, -0.1) is 11.3 Å². The van der Waals surface area contributed by atoms with Crippen LogP contribution in [0.4, 0.5) is 0 Å². The van der Waals surface area contributed by atoms with Crippen LogP contribution in [-0.4, -0.2) is 34.5 Å². The van der Waals surface area contributed by atoms with Crippen LogP contribution in [0.2, 0.25) is 0 Å². The highest BCUT2D eigenvalue weighted by Gasteiger charge is 2.27. The summed E-state index contributed by atoms with van der Waals surface area (Å²) < 4.78 is 7.07. The molecule has 2 heterocycles. The first kappa shape index (κ1) is 20.8. The number of carbonyl (C=O) groups is 1. The fraction of sp³-hybridized carbons (Fsp3) is 0.435. The van der Waals surface area contributed by atoms with Gasteiger partial charge in [-0.3, -0.25) is 9.36 Å². The monoisotopic (exact) mass is 425 g/mol. The quantitative estimate of drug-likeness (QED) is 0.564. The minimum atomic E-state index is -0.743. The fourth-order valence-corrected chi connectivity index (χ4v) is 5.28. The summed E-state index contributed by atoms with van der Waals surface area (Å²) in [4.78, 5) is 35.3. The van der Waals surface area contributed by atoms with E-state index >= 15 is 0 Å². The lowest BCUT2D eigenvalue weighted by molar-refractivity contribution is -0.148. The van der Waals surface area contributed by atoms with Crippen molar-refractivity contribution in [1.29, 1.82) is 0 Å². The van der Waals surface area contributed by atoms with Crippen molar-refractivity contribution in [3.63, 3.8) is 0 Å². The molecule has 1 aromatic carbocycles. The average Bonchev–Trinajstić information content (AvgIpc) is 3.10. The van der Waals surface area contributed by atoms with Gasteiger partial charge in [0, 0.05) is 4.88 Å². The van der Waals surface area contributed by atoms with E-state index in [1.165, 1.54) is 9.44 Å². The van der Waals surface area contributed by atoms with Crippen LogP contribution in [0.25, 0.3) is 10.2 Å². The maximum Gasteiger partial charge on any atom is 0.329 e. The summed E-state index contributed by atoms with van der Waals surface area (Å²) in [6.45, 7) is 2.38. The highest BCUT2D eigenvalue weighted by atomic mass is 32.1. The molecule has 1 aliphatic rings. The van der Waals surface area contributed by atoms with Gasteiger partial charge in [0.1, 0.15) is 23.3 Å². The molecule has 4 rings (SSSR count). The first-order valence-corrected chi connectivity index (χ1v) is 11.2. The second kappa shape index (κ2) is 8.70. The summed E-state index contributed by atoms with van der Waals surface area (Å²) >= 11 is 1.63. The van der Waals surface area contributed by atoms with E-state index in [1.54, 1.807) is 18.3 Å². The Morgan fingerprint density at radius 2 is 1.97 bits per heavy atom. The van der Waals surface area contributed by atoms with Crippen molar-refractivity contribution in [2.45, 2.75) is 51.8 Å². The molecule has 0 fully saturated rings. The fourth-order valence-electron chi connectivity index (χ4n) is 4.01. The first-order chi connectivity index (χ1) is 14.5. The van der Waals surface area contributed by atoms with E-state index in [0.29, 0.717) is 17.8 Å². The van der Waals surface area contributed by atoms with Crippen molar-refractivity contribution >= 4 is 27.5 Å². The molecule has 30 heavy (non-hydrogen) atoms. The zero-order chi connectivity index (χ0) is 21.3. The van der Waals surface area contributed by atoms with Gasteiger partial charge in [0.2, 0.25) is 0 Å². The second-order valence-corrected chi connectivity index (χ2v) is 9.18. The Morgan fingerprint density at radius 3 is 2.70 bits per heavy atom. The zero-order valence-corrected chi connectivity index (χ0v) is 18.5. The van der Waals surface area contributed by atoms with Gasteiger partial charge in [0.25, 0.3) is 5.56 Å². The van der Waals surface area contributed by atoms with Crippen LogP contribution < -0.4 is 5.56 Å². The lowest BCUT2D eigenvalue weighted by atomic mass is 9.97. The van der Waals surface area contributed by atoms with E-state index in [0.717, 1.165) is 41.6 Å². The van der Waals surface area contributed by atoms with Crippen molar-refractivity contribution in [1.82, 2.24) is 14.5 Å². The molecule has 7 heteroatoms. The third-order valence-electron chi connectivity index (χ3n) is 5.50.